The molecule has 0 saturated carbocycles. The number of aromatic nitrogens is 1. The highest BCUT2D eigenvalue weighted by Crippen LogP contribution is 2.04. The fourth-order valence-corrected chi connectivity index (χ4v) is 1.13. The van der Waals surface area contributed by atoms with Crippen molar-refractivity contribution in [2.75, 3.05) is 13.2 Å². The molecule has 0 fully saturated rings. The summed E-state index contributed by atoms with van der Waals surface area (Å²) in [5.41, 5.74) is -0.210. The first-order valence-corrected chi connectivity index (χ1v) is 4.99. The van der Waals surface area contributed by atoms with Gasteiger partial charge in [-0.25, -0.2) is 0 Å². The van der Waals surface area contributed by atoms with Crippen molar-refractivity contribution in [2.45, 2.75) is 19.4 Å². The van der Waals surface area contributed by atoms with Crippen LogP contribution in [0.2, 0.25) is 0 Å². The molecule has 0 spiro atoms. The van der Waals surface area contributed by atoms with E-state index >= 15 is 0 Å². The molecule has 0 aromatic carbocycles. The van der Waals surface area contributed by atoms with Gasteiger partial charge in [-0.1, -0.05) is 6.07 Å². The largest absolute Gasteiger partial charge is 0.393 e. The lowest BCUT2D eigenvalue weighted by Crippen LogP contribution is -2.43. The molecule has 5 heteroatoms. The lowest BCUT2D eigenvalue weighted by atomic mass is 10.1. The zero-order chi connectivity index (χ0) is 12.2. The smallest absolute Gasteiger partial charge is 0.270 e. The first-order chi connectivity index (χ1) is 7.46. The molecule has 5 nitrogen and oxygen atoms in total. The van der Waals surface area contributed by atoms with Crippen LogP contribution in [0, 0.1) is 6.92 Å². The van der Waals surface area contributed by atoms with Gasteiger partial charge in [0.2, 0.25) is 0 Å². The van der Waals surface area contributed by atoms with Gasteiger partial charge in [0.25, 0.3) is 5.91 Å². The molecule has 1 aromatic rings. The number of aliphatic hydroxyl groups excluding tert-OH is 1. The molecular formula is C11H16N2O3. The molecule has 1 unspecified atom stereocenters. The summed E-state index contributed by atoms with van der Waals surface area (Å²) in [7, 11) is 0. The highest BCUT2D eigenvalue weighted by Gasteiger charge is 2.20. The van der Waals surface area contributed by atoms with E-state index in [2.05, 4.69) is 10.3 Å². The van der Waals surface area contributed by atoms with Gasteiger partial charge < -0.3 is 15.5 Å². The Morgan fingerprint density at radius 2 is 2.31 bits per heavy atom. The van der Waals surface area contributed by atoms with Crippen LogP contribution in [0.3, 0.4) is 0 Å². The Kier molecular flexibility index (Phi) is 3.98. The van der Waals surface area contributed by atoms with Gasteiger partial charge in [0.1, 0.15) is 11.3 Å². The van der Waals surface area contributed by atoms with Gasteiger partial charge >= 0.3 is 0 Å². The second-order valence-electron chi connectivity index (χ2n) is 4.01. The first kappa shape index (κ1) is 12.6. The minimum atomic E-state index is -1.31. The maximum Gasteiger partial charge on any atom is 0.270 e. The molecule has 0 aliphatic rings. The second-order valence-corrected chi connectivity index (χ2v) is 4.01. The Hall–Kier alpha value is -1.46. The lowest BCUT2D eigenvalue weighted by Gasteiger charge is -2.20. The molecule has 0 bridgehead atoms. The third-order valence-corrected chi connectivity index (χ3v) is 2.19. The monoisotopic (exact) mass is 224 g/mol. The fraction of sp³-hybridized carbons (Fsp3) is 0.455. The Bertz CT molecular complexity index is 377. The van der Waals surface area contributed by atoms with Crippen LogP contribution in [-0.4, -0.2) is 39.9 Å². The molecule has 1 aromatic heterocycles. The van der Waals surface area contributed by atoms with Gasteiger partial charge in [-0.3, -0.25) is 9.78 Å². The van der Waals surface area contributed by atoms with E-state index in [0.717, 1.165) is 5.56 Å². The van der Waals surface area contributed by atoms with Crippen LogP contribution in [0.4, 0.5) is 0 Å². The number of carbonyl (C=O) groups excluding carboxylic acids is 1. The van der Waals surface area contributed by atoms with E-state index in [0.29, 0.717) is 5.69 Å². The normalized spacial score (nSPS) is 14.2. The molecule has 16 heavy (non-hydrogen) atoms. The Balaban J connectivity index is 2.64. The number of aliphatic hydroxyl groups is 2. The predicted molar refractivity (Wildman–Crippen MR) is 59.0 cm³/mol. The number of aryl methyl sites for hydroxylation is 1. The Labute approximate surface area is 94.1 Å². The van der Waals surface area contributed by atoms with Crippen molar-refractivity contribution in [3.8, 4) is 0 Å². The molecule has 1 rings (SSSR count). The first-order valence-electron chi connectivity index (χ1n) is 4.99. The molecule has 1 heterocycles. The van der Waals surface area contributed by atoms with Gasteiger partial charge in [-0.05, 0) is 25.5 Å². The van der Waals surface area contributed by atoms with Crippen LogP contribution in [0.1, 0.15) is 23.0 Å². The number of amides is 1. The van der Waals surface area contributed by atoms with Crippen LogP contribution in [0.15, 0.2) is 18.3 Å². The maximum absolute atomic E-state index is 11.7. The van der Waals surface area contributed by atoms with Crippen LogP contribution in [0.5, 0.6) is 0 Å². The van der Waals surface area contributed by atoms with Crippen molar-refractivity contribution < 1.29 is 15.0 Å². The van der Waals surface area contributed by atoms with Crippen molar-refractivity contribution in [3.05, 3.63) is 29.6 Å². The van der Waals surface area contributed by atoms with E-state index in [4.69, 9.17) is 5.11 Å². The van der Waals surface area contributed by atoms with Crippen LogP contribution < -0.4 is 5.32 Å². The lowest BCUT2D eigenvalue weighted by molar-refractivity contribution is 0.00315. The molecule has 3 N–H and O–H groups in total. The highest BCUT2D eigenvalue weighted by atomic mass is 16.3. The summed E-state index contributed by atoms with van der Waals surface area (Å²) >= 11 is 0. The summed E-state index contributed by atoms with van der Waals surface area (Å²) < 4.78 is 0. The van der Waals surface area contributed by atoms with E-state index < -0.39 is 12.2 Å². The number of carbonyl (C=O) groups is 1. The molecule has 0 aliphatic heterocycles. The zero-order valence-electron chi connectivity index (χ0n) is 9.40. The zero-order valence-corrected chi connectivity index (χ0v) is 9.40. The van der Waals surface area contributed by atoms with E-state index in [1.54, 1.807) is 19.1 Å². The number of hydrogen-bond donors (Lipinski definition) is 3. The molecule has 0 aliphatic carbocycles. The molecular weight excluding hydrogens is 208 g/mol. The summed E-state index contributed by atoms with van der Waals surface area (Å²) in [6.07, 6.45) is 1.53. The molecule has 0 saturated heterocycles. The van der Waals surface area contributed by atoms with Gasteiger partial charge in [0, 0.05) is 12.7 Å². The van der Waals surface area contributed by atoms with Crippen LogP contribution >= 0.6 is 0 Å². The summed E-state index contributed by atoms with van der Waals surface area (Å²) in [4.78, 5) is 15.6. The van der Waals surface area contributed by atoms with Crippen molar-refractivity contribution in [1.82, 2.24) is 10.3 Å². The average Bonchev–Trinajstić information content (AvgIpc) is 2.27. The number of nitrogens with one attached hydrogen (secondary N) is 1. The van der Waals surface area contributed by atoms with E-state index in [1.165, 1.54) is 13.1 Å². The van der Waals surface area contributed by atoms with Crippen molar-refractivity contribution >= 4 is 5.91 Å². The highest BCUT2D eigenvalue weighted by molar-refractivity contribution is 5.93. The minimum absolute atomic E-state index is 0.0155. The second kappa shape index (κ2) is 5.05. The summed E-state index contributed by atoms with van der Waals surface area (Å²) in [6.45, 7) is 2.80. The van der Waals surface area contributed by atoms with E-state index in [9.17, 15) is 9.90 Å². The average molecular weight is 224 g/mol. The third kappa shape index (κ3) is 3.29. The van der Waals surface area contributed by atoms with Crippen LogP contribution in [-0.2, 0) is 0 Å². The number of rotatable bonds is 4. The standard InChI is InChI=1S/C11H16N2O3/c1-8-4-3-5-12-9(8)10(15)13-6-11(2,16)7-14/h3-5,14,16H,6-7H2,1-2H3,(H,13,15). The maximum atomic E-state index is 11.7. The predicted octanol–water partition coefficient (Wildman–Crippen LogP) is -0.137. The van der Waals surface area contributed by atoms with E-state index in [-0.39, 0.29) is 12.5 Å². The number of hydrogen-bond acceptors (Lipinski definition) is 4. The molecule has 1 amide bonds. The van der Waals surface area contributed by atoms with Gasteiger partial charge in [0.05, 0.1) is 6.61 Å². The number of pyridine rings is 1. The van der Waals surface area contributed by atoms with Crippen molar-refractivity contribution in [3.63, 3.8) is 0 Å². The van der Waals surface area contributed by atoms with Crippen molar-refractivity contribution in [1.29, 1.82) is 0 Å². The third-order valence-electron chi connectivity index (χ3n) is 2.19. The van der Waals surface area contributed by atoms with Crippen LogP contribution in [0.25, 0.3) is 0 Å². The summed E-state index contributed by atoms with van der Waals surface area (Å²) in [5.74, 6) is -0.355. The van der Waals surface area contributed by atoms with Crippen molar-refractivity contribution in [2.24, 2.45) is 0 Å². The molecule has 1 atom stereocenters. The minimum Gasteiger partial charge on any atom is -0.393 e. The Morgan fingerprint density at radius 1 is 1.62 bits per heavy atom. The van der Waals surface area contributed by atoms with E-state index in [1.807, 2.05) is 0 Å². The fourth-order valence-electron chi connectivity index (χ4n) is 1.13. The SMILES string of the molecule is Cc1cccnc1C(=O)NCC(C)(O)CO. The van der Waals surface area contributed by atoms with Gasteiger partial charge in [-0.2, -0.15) is 0 Å². The summed E-state index contributed by atoms with van der Waals surface area (Å²) in [6, 6.07) is 3.53. The Morgan fingerprint density at radius 3 is 2.88 bits per heavy atom. The summed E-state index contributed by atoms with van der Waals surface area (Å²) in [5, 5.41) is 20.8. The molecule has 88 valence electrons. The molecule has 0 radical (unpaired) electrons. The van der Waals surface area contributed by atoms with Gasteiger partial charge in [0.15, 0.2) is 0 Å². The quantitative estimate of drug-likeness (QED) is 0.665. The number of nitrogens with zero attached hydrogens (tertiary/aromatic N) is 1. The van der Waals surface area contributed by atoms with Gasteiger partial charge in [-0.15, -0.1) is 0 Å². The topological polar surface area (TPSA) is 82.5 Å².